The van der Waals surface area contributed by atoms with Crippen LogP contribution in [0.25, 0.3) is 10.4 Å². The quantitative estimate of drug-likeness (QED) is 0.268. The van der Waals surface area contributed by atoms with Gasteiger partial charge in [-0.3, -0.25) is 0 Å². The first-order chi connectivity index (χ1) is 5.91. The third kappa shape index (κ3) is 14.1. The molecule has 0 saturated carbocycles. The lowest BCUT2D eigenvalue weighted by atomic mass is 10.7. The van der Waals surface area contributed by atoms with Crippen molar-refractivity contribution in [1.82, 2.24) is 0 Å². The van der Waals surface area contributed by atoms with E-state index in [0.717, 1.165) is 0 Å². The summed E-state index contributed by atoms with van der Waals surface area (Å²) in [6.07, 6.45) is 0. The SMILES string of the molecule is C.[N-]=[N+]=NCCOCCOCCO. The second kappa shape index (κ2) is 13.8. The number of rotatable bonds is 8. The van der Waals surface area contributed by atoms with E-state index >= 15 is 0 Å². The number of nitrogens with zero attached hydrogens (tertiary/aromatic N) is 3. The van der Waals surface area contributed by atoms with E-state index in [4.69, 9.17) is 20.1 Å². The van der Waals surface area contributed by atoms with Crippen molar-refractivity contribution in [2.45, 2.75) is 7.43 Å². The predicted octanol–water partition coefficient (Wildman–Crippen LogP) is 0.958. The molecule has 0 unspecified atom stereocenters. The normalized spacial score (nSPS) is 8.69. The lowest BCUT2D eigenvalue weighted by Gasteiger charge is -2.02. The maximum atomic E-state index is 8.32. The molecule has 0 aromatic heterocycles. The highest BCUT2D eigenvalue weighted by Crippen LogP contribution is 1.79. The molecule has 78 valence electrons. The smallest absolute Gasteiger partial charge is 0.0701 e. The molecule has 0 aromatic rings. The average molecular weight is 191 g/mol. The van der Waals surface area contributed by atoms with Gasteiger partial charge in [0.25, 0.3) is 0 Å². The molecule has 0 radical (unpaired) electrons. The molecule has 0 aliphatic carbocycles. The van der Waals surface area contributed by atoms with Gasteiger partial charge in [-0.1, -0.05) is 12.5 Å². The van der Waals surface area contributed by atoms with E-state index in [1.165, 1.54) is 0 Å². The summed E-state index contributed by atoms with van der Waals surface area (Å²) in [4.78, 5) is 2.56. The summed E-state index contributed by atoms with van der Waals surface area (Å²) >= 11 is 0. The minimum atomic E-state index is 0. The van der Waals surface area contributed by atoms with E-state index in [0.29, 0.717) is 33.0 Å². The van der Waals surface area contributed by atoms with Crippen molar-refractivity contribution in [2.24, 2.45) is 5.11 Å². The van der Waals surface area contributed by atoms with Gasteiger partial charge in [0.2, 0.25) is 0 Å². The molecule has 0 heterocycles. The third-order valence-electron chi connectivity index (χ3n) is 1.01. The Morgan fingerprint density at radius 3 is 2.31 bits per heavy atom. The summed E-state index contributed by atoms with van der Waals surface area (Å²) in [5.74, 6) is 0. The number of ether oxygens (including phenoxy) is 2. The number of hydrogen-bond donors (Lipinski definition) is 1. The van der Waals surface area contributed by atoms with Crippen molar-refractivity contribution in [3.63, 3.8) is 0 Å². The molecule has 0 rings (SSSR count). The molecule has 0 fully saturated rings. The van der Waals surface area contributed by atoms with Crippen LogP contribution in [-0.2, 0) is 9.47 Å². The molecule has 0 spiro atoms. The second-order valence-electron chi connectivity index (χ2n) is 1.90. The maximum absolute atomic E-state index is 8.32. The minimum absolute atomic E-state index is 0. The molecule has 0 aliphatic rings. The van der Waals surface area contributed by atoms with Crippen LogP contribution in [-0.4, -0.2) is 44.7 Å². The Morgan fingerprint density at radius 2 is 1.77 bits per heavy atom. The molecule has 0 atom stereocenters. The van der Waals surface area contributed by atoms with E-state index in [1.54, 1.807) is 0 Å². The average Bonchev–Trinajstić information content (AvgIpc) is 2.10. The van der Waals surface area contributed by atoms with Crippen LogP contribution in [0, 0.1) is 0 Å². The topological polar surface area (TPSA) is 87.5 Å². The molecule has 0 saturated heterocycles. The first kappa shape index (κ1) is 14.7. The van der Waals surface area contributed by atoms with Crippen molar-refractivity contribution in [1.29, 1.82) is 0 Å². The summed E-state index contributed by atoms with van der Waals surface area (Å²) in [6.45, 7) is 2.03. The highest BCUT2D eigenvalue weighted by Gasteiger charge is 1.87. The van der Waals surface area contributed by atoms with Gasteiger partial charge in [0.05, 0.1) is 33.0 Å². The van der Waals surface area contributed by atoms with Crippen molar-refractivity contribution >= 4 is 0 Å². The number of azide groups is 1. The van der Waals surface area contributed by atoms with E-state index < -0.39 is 0 Å². The van der Waals surface area contributed by atoms with Gasteiger partial charge in [0, 0.05) is 11.5 Å². The third-order valence-corrected chi connectivity index (χ3v) is 1.01. The number of aliphatic hydroxyl groups excluding tert-OH is 1. The van der Waals surface area contributed by atoms with E-state index in [2.05, 4.69) is 10.0 Å². The van der Waals surface area contributed by atoms with Crippen molar-refractivity contribution < 1.29 is 14.6 Å². The van der Waals surface area contributed by atoms with Crippen LogP contribution < -0.4 is 0 Å². The van der Waals surface area contributed by atoms with Crippen molar-refractivity contribution in [3.8, 4) is 0 Å². The summed E-state index contributed by atoms with van der Waals surface area (Å²) in [5.41, 5.74) is 7.89. The number of hydrogen-bond acceptors (Lipinski definition) is 4. The minimum Gasteiger partial charge on any atom is -0.394 e. The number of aliphatic hydroxyl groups is 1. The molecule has 0 amide bonds. The molecule has 1 N–H and O–H groups in total. The van der Waals surface area contributed by atoms with E-state index in [-0.39, 0.29) is 14.0 Å². The molecule has 6 nitrogen and oxygen atoms in total. The summed E-state index contributed by atoms with van der Waals surface area (Å²) in [5, 5.41) is 11.6. The fourth-order valence-corrected chi connectivity index (χ4v) is 0.537. The molecular weight excluding hydrogens is 174 g/mol. The Kier molecular flexibility index (Phi) is 15.6. The highest BCUT2D eigenvalue weighted by atomic mass is 16.5. The molecule has 0 aromatic carbocycles. The summed E-state index contributed by atoms with van der Waals surface area (Å²) in [6, 6.07) is 0. The van der Waals surface area contributed by atoms with Crippen LogP contribution in [0.4, 0.5) is 0 Å². The zero-order chi connectivity index (χ0) is 9.07. The highest BCUT2D eigenvalue weighted by molar-refractivity contribution is 4.43. The largest absolute Gasteiger partial charge is 0.394 e. The van der Waals surface area contributed by atoms with Gasteiger partial charge in [0.15, 0.2) is 0 Å². The van der Waals surface area contributed by atoms with Gasteiger partial charge < -0.3 is 14.6 Å². The Morgan fingerprint density at radius 1 is 1.15 bits per heavy atom. The van der Waals surface area contributed by atoms with Gasteiger partial charge >= 0.3 is 0 Å². The van der Waals surface area contributed by atoms with Crippen LogP contribution in [0.1, 0.15) is 7.43 Å². The van der Waals surface area contributed by atoms with Crippen LogP contribution in [0.3, 0.4) is 0 Å². The Labute approximate surface area is 78.1 Å². The van der Waals surface area contributed by atoms with Gasteiger partial charge in [-0.15, -0.1) is 0 Å². The van der Waals surface area contributed by atoms with Crippen molar-refractivity contribution in [2.75, 3.05) is 39.6 Å². The Bertz CT molecular complexity index is 137. The lowest BCUT2D eigenvalue weighted by molar-refractivity contribution is 0.0354. The van der Waals surface area contributed by atoms with Crippen LogP contribution >= 0.6 is 0 Å². The van der Waals surface area contributed by atoms with Crippen LogP contribution in [0.15, 0.2) is 5.11 Å². The molecular formula is C7H17N3O3. The van der Waals surface area contributed by atoms with Crippen LogP contribution in [0.2, 0.25) is 0 Å². The van der Waals surface area contributed by atoms with Crippen molar-refractivity contribution in [3.05, 3.63) is 10.4 Å². The van der Waals surface area contributed by atoms with Crippen LogP contribution in [0.5, 0.6) is 0 Å². The van der Waals surface area contributed by atoms with Gasteiger partial charge in [0.1, 0.15) is 0 Å². The van der Waals surface area contributed by atoms with Gasteiger partial charge in [-0.05, 0) is 5.53 Å². The summed E-state index contributed by atoms with van der Waals surface area (Å²) in [7, 11) is 0. The Balaban J connectivity index is 0. The standard InChI is InChI=1S/C6H13N3O3.CH4/c7-9-8-1-3-11-5-6-12-4-2-10;/h10H,1-6H2;1H4. The monoisotopic (exact) mass is 191 g/mol. The van der Waals surface area contributed by atoms with E-state index in [9.17, 15) is 0 Å². The zero-order valence-electron chi connectivity index (χ0n) is 6.85. The van der Waals surface area contributed by atoms with Gasteiger partial charge in [-0.2, -0.15) is 0 Å². The van der Waals surface area contributed by atoms with E-state index in [1.807, 2.05) is 0 Å². The zero-order valence-corrected chi connectivity index (χ0v) is 6.85. The fraction of sp³-hybridized carbons (Fsp3) is 1.00. The predicted molar refractivity (Wildman–Crippen MR) is 49.5 cm³/mol. The first-order valence-corrected chi connectivity index (χ1v) is 3.69. The first-order valence-electron chi connectivity index (χ1n) is 3.69. The molecule has 0 bridgehead atoms. The molecule has 0 aliphatic heterocycles. The van der Waals surface area contributed by atoms with Gasteiger partial charge in [-0.25, -0.2) is 0 Å². The second-order valence-corrected chi connectivity index (χ2v) is 1.90. The fourth-order valence-electron chi connectivity index (χ4n) is 0.537. The lowest BCUT2D eigenvalue weighted by Crippen LogP contribution is -2.08. The molecule has 13 heavy (non-hydrogen) atoms. The Hall–Kier alpha value is -0.810. The maximum Gasteiger partial charge on any atom is 0.0701 e. The molecule has 6 heteroatoms. The summed E-state index contributed by atoms with van der Waals surface area (Å²) < 4.78 is 9.92.